The van der Waals surface area contributed by atoms with Gasteiger partial charge in [0.25, 0.3) is 5.56 Å². The van der Waals surface area contributed by atoms with Gasteiger partial charge in [0.1, 0.15) is 11.6 Å². The van der Waals surface area contributed by atoms with Crippen molar-refractivity contribution in [3.05, 3.63) is 40.2 Å². The lowest BCUT2D eigenvalue weighted by Gasteiger charge is -2.62. The summed E-state index contributed by atoms with van der Waals surface area (Å²) in [7, 11) is 0. The second kappa shape index (κ2) is 9.15. The molecule has 3 N–H and O–H groups in total. The highest BCUT2D eigenvalue weighted by molar-refractivity contribution is 5.77. The summed E-state index contributed by atoms with van der Waals surface area (Å²) in [5.74, 6) is 3.31. The van der Waals surface area contributed by atoms with Gasteiger partial charge in [0.15, 0.2) is 0 Å². The van der Waals surface area contributed by atoms with Crippen LogP contribution < -0.4 is 5.56 Å². The first-order valence-corrected chi connectivity index (χ1v) is 14.6. The zero-order valence-electron chi connectivity index (χ0n) is 22.5. The third-order valence-corrected chi connectivity index (χ3v) is 12.0. The molecule has 0 radical (unpaired) electrons. The summed E-state index contributed by atoms with van der Waals surface area (Å²) in [5, 5.41) is 22.1. The van der Waals surface area contributed by atoms with Crippen LogP contribution in [0.2, 0.25) is 0 Å². The fraction of sp³-hybridized carbons (Fsp3) is 0.742. The van der Waals surface area contributed by atoms with Crippen molar-refractivity contribution in [2.24, 2.45) is 46.3 Å². The average molecular weight is 511 g/mol. The monoisotopic (exact) mass is 510 g/mol. The third kappa shape index (κ3) is 4.09. The fourth-order valence-electron chi connectivity index (χ4n) is 10.0. The molecule has 1 aromatic carbocycles. The van der Waals surface area contributed by atoms with Crippen molar-refractivity contribution < 1.29 is 14.6 Å². The van der Waals surface area contributed by atoms with Crippen LogP contribution in [0.4, 0.5) is 4.39 Å². The molecule has 6 rings (SSSR count). The van der Waals surface area contributed by atoms with Crippen molar-refractivity contribution in [3.8, 4) is 0 Å². The number of hydrogen-bond donors (Lipinski definition) is 3. The Morgan fingerprint density at radius 2 is 1.84 bits per heavy atom. The largest absolute Gasteiger partial charge is 0.393 e. The number of aliphatic hydroxyl groups is 2. The number of benzene rings is 1. The predicted octanol–water partition coefficient (Wildman–Crippen LogP) is 5.62. The smallest absolute Gasteiger partial charge is 0.258 e. The van der Waals surface area contributed by atoms with E-state index in [1.54, 1.807) is 6.07 Å². The van der Waals surface area contributed by atoms with Crippen molar-refractivity contribution in [3.63, 3.8) is 0 Å². The second-order valence-electron chi connectivity index (χ2n) is 13.6. The molecule has 0 aliphatic heterocycles. The molecule has 1 unspecified atom stereocenters. The minimum Gasteiger partial charge on any atom is -0.393 e. The van der Waals surface area contributed by atoms with E-state index in [1.165, 1.54) is 37.8 Å². The molecule has 4 aliphatic carbocycles. The van der Waals surface area contributed by atoms with Crippen LogP contribution in [-0.2, 0) is 6.42 Å². The molecule has 5 nitrogen and oxygen atoms in total. The van der Waals surface area contributed by atoms with E-state index in [0.29, 0.717) is 58.7 Å². The summed E-state index contributed by atoms with van der Waals surface area (Å²) >= 11 is 0. The van der Waals surface area contributed by atoms with Gasteiger partial charge >= 0.3 is 0 Å². The minimum atomic E-state index is -0.423. The second-order valence-corrected chi connectivity index (χ2v) is 13.6. The molecule has 4 saturated carbocycles. The van der Waals surface area contributed by atoms with E-state index in [1.807, 2.05) is 0 Å². The molecular weight excluding hydrogens is 467 g/mol. The van der Waals surface area contributed by atoms with Crippen LogP contribution in [0.3, 0.4) is 0 Å². The molecule has 10 atom stereocenters. The van der Waals surface area contributed by atoms with Crippen LogP contribution in [0, 0.1) is 52.2 Å². The van der Waals surface area contributed by atoms with Gasteiger partial charge in [-0.1, -0.05) is 20.8 Å². The summed E-state index contributed by atoms with van der Waals surface area (Å²) in [5.41, 5.74) is 0.768. The quantitative estimate of drug-likeness (QED) is 0.498. The molecule has 37 heavy (non-hydrogen) atoms. The molecule has 2 aromatic rings. The summed E-state index contributed by atoms with van der Waals surface area (Å²) < 4.78 is 13.6. The van der Waals surface area contributed by atoms with Gasteiger partial charge < -0.3 is 15.2 Å². The highest BCUT2D eigenvalue weighted by atomic mass is 19.1. The van der Waals surface area contributed by atoms with E-state index >= 15 is 0 Å². The number of hydrogen-bond acceptors (Lipinski definition) is 4. The molecule has 0 saturated heterocycles. The van der Waals surface area contributed by atoms with Crippen LogP contribution in [0.25, 0.3) is 10.9 Å². The fourth-order valence-corrected chi connectivity index (χ4v) is 10.0. The topological polar surface area (TPSA) is 86.2 Å². The van der Waals surface area contributed by atoms with Gasteiger partial charge in [0.2, 0.25) is 0 Å². The van der Waals surface area contributed by atoms with Gasteiger partial charge in [-0.2, -0.15) is 0 Å². The summed E-state index contributed by atoms with van der Waals surface area (Å²) in [6, 6.07) is 4.19. The van der Waals surface area contributed by atoms with Crippen LogP contribution in [0.5, 0.6) is 0 Å². The third-order valence-electron chi connectivity index (χ3n) is 12.0. The van der Waals surface area contributed by atoms with Crippen molar-refractivity contribution in [2.75, 3.05) is 0 Å². The maximum Gasteiger partial charge on any atom is 0.258 e. The van der Waals surface area contributed by atoms with Gasteiger partial charge in [-0.3, -0.25) is 4.79 Å². The molecule has 4 aliphatic rings. The first-order valence-electron chi connectivity index (χ1n) is 14.6. The maximum absolute atomic E-state index is 13.6. The number of aromatic nitrogens is 2. The van der Waals surface area contributed by atoms with Crippen molar-refractivity contribution in [1.82, 2.24) is 9.97 Å². The van der Waals surface area contributed by atoms with Gasteiger partial charge in [-0.05, 0) is 122 Å². The van der Waals surface area contributed by atoms with E-state index in [-0.39, 0.29) is 28.6 Å². The number of nitrogens with one attached hydrogen (secondary N) is 1. The molecule has 0 amide bonds. The summed E-state index contributed by atoms with van der Waals surface area (Å²) in [4.78, 5) is 20.0. The zero-order chi connectivity index (χ0) is 26.1. The lowest BCUT2D eigenvalue weighted by molar-refractivity contribution is -0.174. The first-order chi connectivity index (χ1) is 17.6. The number of nitrogens with zero attached hydrogens (tertiary/aromatic N) is 1. The number of fused-ring (bicyclic) bond motifs is 6. The summed E-state index contributed by atoms with van der Waals surface area (Å²) in [6.07, 6.45) is 9.76. The molecule has 6 heteroatoms. The average Bonchev–Trinajstić information content (AvgIpc) is 3.21. The van der Waals surface area contributed by atoms with Crippen molar-refractivity contribution in [2.45, 2.75) is 97.2 Å². The minimum absolute atomic E-state index is 0.194. The zero-order valence-corrected chi connectivity index (χ0v) is 22.5. The number of rotatable bonds is 4. The van der Waals surface area contributed by atoms with Gasteiger partial charge in [-0.25, -0.2) is 9.37 Å². The molecule has 1 aromatic heterocycles. The molecule has 0 bridgehead atoms. The van der Waals surface area contributed by atoms with Crippen LogP contribution >= 0.6 is 0 Å². The Morgan fingerprint density at radius 1 is 1.08 bits per heavy atom. The van der Waals surface area contributed by atoms with Crippen LogP contribution in [-0.4, -0.2) is 32.4 Å². The highest BCUT2D eigenvalue weighted by Crippen LogP contribution is 2.68. The Balaban J connectivity index is 1.18. The van der Waals surface area contributed by atoms with Crippen molar-refractivity contribution >= 4 is 10.9 Å². The Hall–Kier alpha value is -1.79. The number of H-pyrrole nitrogens is 1. The van der Waals surface area contributed by atoms with E-state index in [2.05, 4.69) is 30.7 Å². The molecule has 202 valence electrons. The van der Waals surface area contributed by atoms with Gasteiger partial charge in [-0.15, -0.1) is 0 Å². The molecule has 4 fully saturated rings. The van der Waals surface area contributed by atoms with E-state index in [4.69, 9.17) is 0 Å². The van der Waals surface area contributed by atoms with Gasteiger partial charge in [0, 0.05) is 6.42 Å². The normalized spacial score (nSPS) is 42.2. The Labute approximate surface area is 219 Å². The lowest BCUT2D eigenvalue weighted by atomic mass is 9.43. The van der Waals surface area contributed by atoms with E-state index in [9.17, 15) is 19.4 Å². The summed E-state index contributed by atoms with van der Waals surface area (Å²) in [6.45, 7) is 7.32. The number of aromatic amines is 1. The van der Waals surface area contributed by atoms with Crippen molar-refractivity contribution in [1.29, 1.82) is 0 Å². The number of aliphatic hydroxyl groups excluding tert-OH is 2. The number of aryl methyl sites for hydroxylation is 1. The Morgan fingerprint density at radius 3 is 2.65 bits per heavy atom. The molecular formula is C31H43FN2O3. The SMILES string of the molecule is C[C@H](CCc1nc2ccc(F)cc2c(=O)[nH]1)[C@H]1CC[C@H]2[C@H]3C(CC[C@]12C)[C@@]1(C)CC[C@@H](O)C[C@H]1C[C@@H]3O. The molecule has 1 heterocycles. The number of halogens is 1. The molecule has 0 spiro atoms. The first kappa shape index (κ1) is 25.5. The van der Waals surface area contributed by atoms with Gasteiger partial charge in [0.05, 0.1) is 23.1 Å². The maximum atomic E-state index is 13.6. The Bertz CT molecular complexity index is 1230. The predicted molar refractivity (Wildman–Crippen MR) is 142 cm³/mol. The highest BCUT2D eigenvalue weighted by Gasteiger charge is 2.62. The lowest BCUT2D eigenvalue weighted by Crippen LogP contribution is -2.58. The van der Waals surface area contributed by atoms with E-state index in [0.717, 1.165) is 32.1 Å². The van der Waals surface area contributed by atoms with E-state index < -0.39 is 5.82 Å². The Kier molecular flexibility index (Phi) is 6.30. The standard InChI is InChI=1S/C31H43FN2O3/c1-17(4-9-27-33-25-8-5-19(32)16-21(25)29(37)34-27)22-6-7-23-28-24(11-13-31(22,23)3)30(2)12-10-20(35)14-18(30)15-26(28)36/h5,8,16-18,20,22-24,26,28,35-36H,4,6-7,9-15H2,1-3H3,(H,33,34,37)/t17-,18+,20-,22-,23+,24?,26+,28+,30+,31-/m1/s1. The van der Waals surface area contributed by atoms with Crippen LogP contribution in [0.1, 0.15) is 84.4 Å². The van der Waals surface area contributed by atoms with Crippen LogP contribution in [0.15, 0.2) is 23.0 Å².